The lowest BCUT2D eigenvalue weighted by Crippen LogP contribution is -2.18. The molecule has 0 fully saturated rings. The van der Waals surface area contributed by atoms with E-state index < -0.39 is 0 Å². The summed E-state index contributed by atoms with van der Waals surface area (Å²) >= 11 is 7.98. The average molecular weight is 812 g/mol. The van der Waals surface area contributed by atoms with Crippen LogP contribution in [-0.4, -0.2) is 0 Å². The van der Waals surface area contributed by atoms with Gasteiger partial charge in [0.05, 0.1) is 22.1 Å². The Morgan fingerprint density at radius 2 is 0.767 bits per heavy atom. The fourth-order valence-electron chi connectivity index (χ4n) is 8.01. The van der Waals surface area contributed by atoms with E-state index in [4.69, 9.17) is 11.6 Å². The first kappa shape index (κ1) is 42.8. The van der Waals surface area contributed by atoms with Crippen LogP contribution >= 0.6 is 11.6 Å². The highest BCUT2D eigenvalue weighted by Gasteiger charge is 2.27. The maximum atomic E-state index is 7.98. The predicted molar refractivity (Wildman–Crippen MR) is 263 cm³/mol. The highest BCUT2D eigenvalue weighted by Crippen LogP contribution is 2.50. The van der Waals surface area contributed by atoms with Crippen LogP contribution in [0.4, 0.5) is 34.1 Å². The summed E-state index contributed by atoms with van der Waals surface area (Å²) in [5.74, 6) is 0. The molecule has 0 heterocycles. The Kier molecular flexibility index (Phi) is 11.4. The average Bonchev–Trinajstić information content (AvgIpc) is 3.19. The van der Waals surface area contributed by atoms with Crippen LogP contribution in [0.25, 0.3) is 21.9 Å². The Hall–Kier alpha value is -5.31. The van der Waals surface area contributed by atoms with Crippen LogP contribution in [0.1, 0.15) is 111 Å². The van der Waals surface area contributed by atoms with Gasteiger partial charge in [0.1, 0.15) is 0 Å². The third-order valence-electron chi connectivity index (χ3n) is 11.8. The highest BCUT2D eigenvalue weighted by atomic mass is 35.5. The number of halogens is 1. The Morgan fingerprint density at radius 1 is 0.367 bits per heavy atom. The maximum Gasteiger partial charge on any atom is 0.0887 e. The van der Waals surface area contributed by atoms with Crippen LogP contribution in [0, 0.1) is 6.92 Å². The van der Waals surface area contributed by atoms with E-state index in [9.17, 15) is 0 Å². The number of hydrogen-bond donors (Lipinski definition) is 0. The van der Waals surface area contributed by atoms with Gasteiger partial charge in [-0.15, -0.1) is 0 Å². The molecule has 2 nitrogen and oxygen atoms in total. The molecule has 3 heteroatoms. The molecule has 0 N–H and O–H groups in total. The number of hydrogen-bond acceptors (Lipinski definition) is 2. The molecule has 0 unspecified atom stereocenters. The van der Waals surface area contributed by atoms with Crippen LogP contribution in [0.2, 0.25) is 5.02 Å². The van der Waals surface area contributed by atoms with Gasteiger partial charge in [0.25, 0.3) is 0 Å². The Morgan fingerprint density at radius 3 is 1.22 bits per heavy atom. The second kappa shape index (κ2) is 15.9. The van der Waals surface area contributed by atoms with E-state index in [2.05, 4.69) is 245 Å². The molecular formula is C57H63ClN2. The lowest BCUT2D eigenvalue weighted by atomic mass is 9.84. The summed E-state index contributed by atoms with van der Waals surface area (Å²) in [6, 6.07) is 53.9. The Labute approximate surface area is 365 Å². The first-order valence-corrected chi connectivity index (χ1v) is 21.8. The van der Waals surface area contributed by atoms with Crippen molar-refractivity contribution in [3.8, 4) is 11.1 Å². The number of anilines is 6. The van der Waals surface area contributed by atoms with Gasteiger partial charge < -0.3 is 9.80 Å². The van der Waals surface area contributed by atoms with Crippen LogP contribution in [0.3, 0.4) is 0 Å². The topological polar surface area (TPSA) is 6.48 Å². The molecule has 0 bridgehead atoms. The van der Waals surface area contributed by atoms with E-state index in [-0.39, 0.29) is 21.7 Å². The van der Waals surface area contributed by atoms with Crippen molar-refractivity contribution in [2.75, 3.05) is 9.80 Å². The second-order valence-electron chi connectivity index (χ2n) is 20.7. The largest absolute Gasteiger partial charge is 0.309 e. The zero-order chi connectivity index (χ0) is 43.4. The van der Waals surface area contributed by atoms with Gasteiger partial charge in [-0.3, -0.25) is 0 Å². The smallest absolute Gasteiger partial charge is 0.0887 e. The van der Waals surface area contributed by atoms with Gasteiger partial charge in [-0.05, 0) is 139 Å². The zero-order valence-corrected chi connectivity index (χ0v) is 38.9. The Bertz CT molecular complexity index is 2570. The fraction of sp³-hybridized carbons (Fsp3) is 0.298. The molecule has 60 heavy (non-hydrogen) atoms. The minimum Gasteiger partial charge on any atom is -0.309 e. The molecule has 0 atom stereocenters. The van der Waals surface area contributed by atoms with E-state index in [0.717, 1.165) is 50.8 Å². The van der Waals surface area contributed by atoms with Crippen molar-refractivity contribution in [1.82, 2.24) is 0 Å². The van der Waals surface area contributed by atoms with Crippen LogP contribution in [0.15, 0.2) is 146 Å². The molecule has 7 aromatic carbocycles. The van der Waals surface area contributed by atoms with Crippen molar-refractivity contribution in [2.45, 2.75) is 112 Å². The summed E-state index contributed by atoms with van der Waals surface area (Å²) in [6.45, 7) is 29.4. The molecule has 0 spiro atoms. The van der Waals surface area contributed by atoms with Gasteiger partial charge in [0.15, 0.2) is 0 Å². The first-order valence-electron chi connectivity index (χ1n) is 21.5. The first-order chi connectivity index (χ1) is 28.1. The van der Waals surface area contributed by atoms with Crippen molar-refractivity contribution in [3.05, 3.63) is 178 Å². The lowest BCUT2D eigenvalue weighted by Gasteiger charge is -2.34. The molecule has 0 aliphatic heterocycles. The molecule has 308 valence electrons. The van der Waals surface area contributed by atoms with Gasteiger partial charge >= 0.3 is 0 Å². The van der Waals surface area contributed by atoms with E-state index in [1.165, 1.54) is 33.0 Å². The summed E-state index contributed by atoms with van der Waals surface area (Å²) < 4.78 is 0. The van der Waals surface area contributed by atoms with Gasteiger partial charge in [-0.2, -0.15) is 0 Å². The maximum absolute atomic E-state index is 7.98. The van der Waals surface area contributed by atoms with Gasteiger partial charge in [-0.1, -0.05) is 174 Å². The molecule has 0 amide bonds. The van der Waals surface area contributed by atoms with Crippen molar-refractivity contribution < 1.29 is 0 Å². The van der Waals surface area contributed by atoms with Crippen molar-refractivity contribution in [1.29, 1.82) is 0 Å². The molecule has 0 aromatic heterocycles. The molecule has 0 aliphatic carbocycles. The Balaban J connectivity index is 1.51. The molecule has 0 radical (unpaired) electrons. The zero-order valence-electron chi connectivity index (χ0n) is 38.1. The van der Waals surface area contributed by atoms with Crippen molar-refractivity contribution in [2.24, 2.45) is 0 Å². The molecule has 0 saturated heterocycles. The van der Waals surface area contributed by atoms with Crippen LogP contribution < -0.4 is 9.80 Å². The monoisotopic (exact) mass is 810 g/mol. The minimum atomic E-state index is -0.0525. The van der Waals surface area contributed by atoms with E-state index in [1.54, 1.807) is 0 Å². The normalized spacial score (nSPS) is 12.5. The van der Waals surface area contributed by atoms with Gasteiger partial charge in [0, 0.05) is 22.6 Å². The summed E-state index contributed by atoms with van der Waals surface area (Å²) in [6.07, 6.45) is 0. The lowest BCUT2D eigenvalue weighted by molar-refractivity contribution is 0.590. The van der Waals surface area contributed by atoms with Crippen molar-refractivity contribution in [3.63, 3.8) is 0 Å². The SMILES string of the molecule is Cc1cc(N(c2ccc(C(C)(C)C)cc2)c2ccc(C(C)(C)C)cc2)c(Cl)c(N(c2ccc(C(C)(C)C)cc2)c2ccc(C(C)(C)C)cc2-c2ccc3ccccc3c2)c1. The molecule has 7 rings (SSSR count). The minimum absolute atomic E-state index is 0.00764. The summed E-state index contributed by atoms with van der Waals surface area (Å²) in [5, 5.41) is 3.11. The molecule has 7 aromatic rings. The third-order valence-corrected chi connectivity index (χ3v) is 12.2. The third kappa shape index (κ3) is 8.91. The van der Waals surface area contributed by atoms with Crippen molar-refractivity contribution >= 4 is 56.5 Å². The molecule has 0 aliphatic rings. The standard InChI is InChI=1S/C57H63ClN2/c1-38-34-51(59(46-27-20-42(21-28-46)54(2,3)4)47-29-22-43(23-30-47)55(5,6)7)53(58)52(35-38)60(48-31-24-44(25-32-48)56(8,9)10)50-33-26-45(57(11,12)13)37-49(50)41-19-18-39-16-14-15-17-40(39)36-41/h14-37H,1-13H3. The van der Waals surface area contributed by atoms with Gasteiger partial charge in [0.2, 0.25) is 0 Å². The van der Waals surface area contributed by atoms with Gasteiger partial charge in [-0.25, -0.2) is 0 Å². The van der Waals surface area contributed by atoms with Crippen LogP contribution in [0.5, 0.6) is 0 Å². The predicted octanol–water partition coefficient (Wildman–Crippen LogP) is 17.6. The number of benzene rings is 7. The molecule has 0 saturated carbocycles. The quantitative estimate of drug-likeness (QED) is 0.158. The fourth-order valence-corrected chi connectivity index (χ4v) is 8.29. The number of fused-ring (bicyclic) bond motifs is 1. The highest BCUT2D eigenvalue weighted by molar-refractivity contribution is 6.37. The van der Waals surface area contributed by atoms with Crippen LogP contribution in [-0.2, 0) is 21.7 Å². The second-order valence-corrected chi connectivity index (χ2v) is 21.1. The van der Waals surface area contributed by atoms with E-state index in [0.29, 0.717) is 5.02 Å². The number of aryl methyl sites for hydroxylation is 1. The summed E-state index contributed by atoms with van der Waals surface area (Å²) in [5.41, 5.74) is 14.6. The number of rotatable bonds is 7. The number of nitrogens with zero attached hydrogens (tertiary/aromatic N) is 2. The summed E-state index contributed by atoms with van der Waals surface area (Å²) in [4.78, 5) is 4.71. The molecular weight excluding hydrogens is 748 g/mol. The van der Waals surface area contributed by atoms with E-state index in [1.807, 2.05) is 0 Å². The summed E-state index contributed by atoms with van der Waals surface area (Å²) in [7, 11) is 0. The van der Waals surface area contributed by atoms with E-state index >= 15 is 0 Å².